The number of rotatable bonds is 15. The molecule has 0 fully saturated rings. The smallest absolute Gasteiger partial charge is 0.251 e. The van der Waals surface area contributed by atoms with Crippen LogP contribution in [0.25, 0.3) is 0 Å². The van der Waals surface area contributed by atoms with Gasteiger partial charge in [-0.1, -0.05) is 20.8 Å². The molecule has 0 aliphatic carbocycles. The van der Waals surface area contributed by atoms with Gasteiger partial charge in [-0.25, -0.2) is 0 Å². The fraction of sp³-hybridized carbons (Fsp3) is 0.708. The first kappa shape index (κ1) is 26.4. The number of amides is 1. The van der Waals surface area contributed by atoms with Gasteiger partial charge in [0, 0.05) is 24.3 Å². The molecule has 0 saturated heterocycles. The van der Waals surface area contributed by atoms with Crippen molar-refractivity contribution in [2.45, 2.75) is 59.4 Å². The Balaban J connectivity index is 2.12. The van der Waals surface area contributed by atoms with Crippen molar-refractivity contribution in [2.75, 3.05) is 46.6 Å². The highest BCUT2D eigenvalue weighted by Gasteiger charge is 2.13. The summed E-state index contributed by atoms with van der Waals surface area (Å²) in [5, 5.41) is 6.15. The molecule has 0 radical (unpaired) electrons. The van der Waals surface area contributed by atoms with E-state index >= 15 is 0 Å². The largest absolute Gasteiger partial charge is 0.494 e. The van der Waals surface area contributed by atoms with Crippen molar-refractivity contribution in [1.29, 1.82) is 0 Å². The normalized spacial score (nSPS) is 12.1. The molecule has 0 aliphatic rings. The zero-order chi connectivity index (χ0) is 22.5. The maximum atomic E-state index is 12.2. The fourth-order valence-electron chi connectivity index (χ4n) is 2.57. The Morgan fingerprint density at radius 1 is 0.867 bits per heavy atom. The fourth-order valence-corrected chi connectivity index (χ4v) is 2.57. The summed E-state index contributed by atoms with van der Waals surface area (Å²) in [6.07, 6.45) is 3.04. The van der Waals surface area contributed by atoms with E-state index in [1.54, 1.807) is 12.1 Å². The van der Waals surface area contributed by atoms with Gasteiger partial charge in [0.05, 0.1) is 26.4 Å². The Labute approximate surface area is 183 Å². The zero-order valence-electron chi connectivity index (χ0n) is 19.8. The van der Waals surface area contributed by atoms with E-state index in [9.17, 15) is 4.79 Å². The monoisotopic (exact) mass is 422 g/mol. The lowest BCUT2D eigenvalue weighted by atomic mass is 9.93. The molecule has 1 amide bonds. The average Bonchev–Trinajstić information content (AvgIpc) is 2.69. The van der Waals surface area contributed by atoms with E-state index in [4.69, 9.17) is 14.2 Å². The van der Waals surface area contributed by atoms with Gasteiger partial charge in [-0.2, -0.15) is 0 Å². The molecule has 0 atom stereocenters. The van der Waals surface area contributed by atoms with Crippen LogP contribution in [-0.2, 0) is 9.47 Å². The first-order valence-corrected chi connectivity index (χ1v) is 11.0. The van der Waals surface area contributed by atoms with Crippen LogP contribution in [0.3, 0.4) is 0 Å². The third kappa shape index (κ3) is 12.8. The van der Waals surface area contributed by atoms with Crippen molar-refractivity contribution in [1.82, 2.24) is 10.6 Å². The van der Waals surface area contributed by atoms with Crippen LogP contribution in [0, 0.1) is 5.41 Å². The molecule has 0 aliphatic heterocycles. The Hall–Kier alpha value is -1.63. The van der Waals surface area contributed by atoms with Crippen molar-refractivity contribution >= 4 is 5.91 Å². The SMILES string of the molecule is CNC(C)(C)CCCOc1ccc(C(=O)NCCOCCOCCC(C)(C)C)cc1. The number of ether oxygens (including phenoxy) is 3. The number of nitrogens with one attached hydrogen (secondary N) is 2. The molecule has 6 nitrogen and oxygen atoms in total. The molecule has 6 heteroatoms. The summed E-state index contributed by atoms with van der Waals surface area (Å²) in [5.41, 5.74) is 1.03. The minimum Gasteiger partial charge on any atom is -0.494 e. The summed E-state index contributed by atoms with van der Waals surface area (Å²) < 4.78 is 16.8. The molecule has 0 heterocycles. The van der Waals surface area contributed by atoms with E-state index in [1.165, 1.54) is 0 Å². The maximum absolute atomic E-state index is 12.2. The average molecular weight is 423 g/mol. The highest BCUT2D eigenvalue weighted by atomic mass is 16.5. The number of hydrogen-bond donors (Lipinski definition) is 2. The van der Waals surface area contributed by atoms with Crippen LogP contribution < -0.4 is 15.4 Å². The Morgan fingerprint density at radius 3 is 2.10 bits per heavy atom. The van der Waals surface area contributed by atoms with E-state index in [2.05, 4.69) is 45.3 Å². The van der Waals surface area contributed by atoms with Crippen LogP contribution in [0.2, 0.25) is 0 Å². The third-order valence-electron chi connectivity index (χ3n) is 4.91. The molecule has 30 heavy (non-hydrogen) atoms. The molecule has 2 N–H and O–H groups in total. The number of carbonyl (C=O) groups is 1. The number of hydrogen-bond acceptors (Lipinski definition) is 5. The van der Waals surface area contributed by atoms with Gasteiger partial charge in [0.15, 0.2) is 0 Å². The first-order chi connectivity index (χ1) is 14.1. The highest BCUT2D eigenvalue weighted by molar-refractivity contribution is 5.94. The van der Waals surface area contributed by atoms with Crippen molar-refractivity contribution in [3.05, 3.63) is 29.8 Å². The van der Waals surface area contributed by atoms with E-state index < -0.39 is 0 Å². The van der Waals surface area contributed by atoms with Crippen molar-refractivity contribution in [3.8, 4) is 5.75 Å². The first-order valence-electron chi connectivity index (χ1n) is 11.0. The number of benzene rings is 1. The lowest BCUT2D eigenvalue weighted by molar-refractivity contribution is 0.0395. The van der Waals surface area contributed by atoms with Crippen molar-refractivity contribution in [3.63, 3.8) is 0 Å². The summed E-state index contributed by atoms with van der Waals surface area (Å²) in [6.45, 7) is 14.4. The molecule has 0 bridgehead atoms. The highest BCUT2D eigenvalue weighted by Crippen LogP contribution is 2.17. The van der Waals surface area contributed by atoms with Gasteiger partial charge in [0.1, 0.15) is 5.75 Å². The maximum Gasteiger partial charge on any atom is 0.251 e. The molecule has 1 aromatic carbocycles. The molecule has 0 unspecified atom stereocenters. The summed E-state index contributed by atoms with van der Waals surface area (Å²) in [4.78, 5) is 12.2. The van der Waals surface area contributed by atoms with E-state index in [1.807, 2.05) is 19.2 Å². The van der Waals surface area contributed by atoms with E-state index in [-0.39, 0.29) is 11.4 Å². The molecule has 1 rings (SSSR count). The van der Waals surface area contributed by atoms with E-state index in [0.717, 1.165) is 31.6 Å². The minimum atomic E-state index is -0.109. The van der Waals surface area contributed by atoms with Crippen LogP contribution in [0.1, 0.15) is 64.2 Å². The number of carbonyl (C=O) groups excluding carboxylic acids is 1. The second kappa shape index (κ2) is 13.6. The van der Waals surface area contributed by atoms with Crippen LogP contribution in [0.4, 0.5) is 0 Å². The third-order valence-corrected chi connectivity index (χ3v) is 4.91. The molecule has 0 spiro atoms. The lowest BCUT2D eigenvalue weighted by Crippen LogP contribution is -2.36. The predicted molar refractivity (Wildman–Crippen MR) is 122 cm³/mol. The lowest BCUT2D eigenvalue weighted by Gasteiger charge is -2.23. The van der Waals surface area contributed by atoms with Crippen LogP contribution in [-0.4, -0.2) is 58.1 Å². The molecular formula is C24H42N2O4. The Kier molecular flexibility index (Phi) is 12.0. The Morgan fingerprint density at radius 2 is 1.50 bits per heavy atom. The van der Waals surface area contributed by atoms with Crippen molar-refractivity contribution in [2.24, 2.45) is 5.41 Å². The minimum absolute atomic E-state index is 0.109. The van der Waals surface area contributed by atoms with Crippen molar-refractivity contribution < 1.29 is 19.0 Å². The summed E-state index contributed by atoms with van der Waals surface area (Å²) in [6, 6.07) is 7.24. The van der Waals surface area contributed by atoms with Crippen LogP contribution >= 0.6 is 0 Å². The molecule has 172 valence electrons. The topological polar surface area (TPSA) is 68.8 Å². The van der Waals surface area contributed by atoms with Gasteiger partial charge in [-0.15, -0.1) is 0 Å². The van der Waals surface area contributed by atoms with Gasteiger partial charge >= 0.3 is 0 Å². The second-order valence-electron chi connectivity index (χ2n) is 9.40. The zero-order valence-corrected chi connectivity index (χ0v) is 19.8. The van der Waals surface area contributed by atoms with Gasteiger partial charge in [0.2, 0.25) is 0 Å². The van der Waals surface area contributed by atoms with Gasteiger partial charge in [-0.05, 0) is 69.8 Å². The van der Waals surface area contributed by atoms with Crippen LogP contribution in [0.5, 0.6) is 5.75 Å². The summed E-state index contributed by atoms with van der Waals surface area (Å²) in [7, 11) is 1.97. The Bertz CT molecular complexity index is 594. The van der Waals surface area contributed by atoms with Gasteiger partial charge in [-0.3, -0.25) is 4.79 Å². The quantitative estimate of drug-likeness (QED) is 0.418. The summed E-state index contributed by atoms with van der Waals surface area (Å²) >= 11 is 0. The molecule has 0 saturated carbocycles. The van der Waals surface area contributed by atoms with Gasteiger partial charge < -0.3 is 24.8 Å². The molecule has 1 aromatic rings. The molecular weight excluding hydrogens is 380 g/mol. The second-order valence-corrected chi connectivity index (χ2v) is 9.40. The predicted octanol–water partition coefficient (Wildman–Crippen LogP) is 4.04. The molecule has 0 aromatic heterocycles. The van der Waals surface area contributed by atoms with Gasteiger partial charge in [0.25, 0.3) is 5.91 Å². The standard InChI is InChI=1S/C24H42N2O4/c1-23(2,3)13-16-28-18-19-29-17-14-26-22(27)20-8-10-21(11-9-20)30-15-7-12-24(4,5)25-6/h8-11,25H,7,12-19H2,1-6H3,(H,26,27). The summed E-state index contributed by atoms with van der Waals surface area (Å²) in [5.74, 6) is 0.672. The van der Waals surface area contributed by atoms with E-state index in [0.29, 0.717) is 44.0 Å². The van der Waals surface area contributed by atoms with Crippen LogP contribution in [0.15, 0.2) is 24.3 Å².